The highest BCUT2D eigenvalue weighted by molar-refractivity contribution is 5.84. The highest BCUT2D eigenvalue weighted by atomic mass is 15.0. The molecular formula is C16H24N2. The molecule has 1 aromatic carbocycles. The second-order valence-electron chi connectivity index (χ2n) is 5.65. The molecule has 0 spiro atoms. The fourth-order valence-corrected chi connectivity index (χ4v) is 2.55. The minimum Gasteiger partial charge on any atom is -0.341 e. The second kappa shape index (κ2) is 5.15. The summed E-state index contributed by atoms with van der Waals surface area (Å²) in [7, 11) is 0. The monoisotopic (exact) mass is 244 g/mol. The summed E-state index contributed by atoms with van der Waals surface area (Å²) in [6.45, 7) is 12.0. The Morgan fingerprint density at radius 3 is 2.50 bits per heavy atom. The maximum Gasteiger partial charge on any atom is 0.0515 e. The van der Waals surface area contributed by atoms with Gasteiger partial charge < -0.3 is 9.88 Å². The lowest BCUT2D eigenvalue weighted by molar-refractivity contribution is 0.534. The van der Waals surface area contributed by atoms with E-state index in [0.717, 1.165) is 6.54 Å². The molecule has 0 saturated heterocycles. The Balaban J connectivity index is 2.52. The quantitative estimate of drug-likeness (QED) is 0.859. The molecule has 0 atom stereocenters. The summed E-state index contributed by atoms with van der Waals surface area (Å²) in [5, 5.41) is 4.87. The van der Waals surface area contributed by atoms with Gasteiger partial charge in [-0.15, -0.1) is 0 Å². The van der Waals surface area contributed by atoms with Gasteiger partial charge in [-0.2, -0.15) is 0 Å². The topological polar surface area (TPSA) is 17.0 Å². The first kappa shape index (κ1) is 13.2. The number of aromatic nitrogens is 1. The van der Waals surface area contributed by atoms with Crippen LogP contribution in [0.4, 0.5) is 0 Å². The fraction of sp³-hybridized carbons (Fsp3) is 0.500. The second-order valence-corrected chi connectivity index (χ2v) is 5.65. The zero-order chi connectivity index (χ0) is 13.3. The van der Waals surface area contributed by atoms with Crippen LogP contribution in [-0.4, -0.2) is 10.6 Å². The predicted octanol–water partition coefficient (Wildman–Crippen LogP) is 4.03. The predicted molar refractivity (Wildman–Crippen MR) is 79.0 cm³/mol. The first-order valence-corrected chi connectivity index (χ1v) is 6.83. The highest BCUT2D eigenvalue weighted by Gasteiger charge is 2.12. The smallest absolute Gasteiger partial charge is 0.0515 e. The van der Waals surface area contributed by atoms with E-state index in [9.17, 15) is 0 Å². The number of para-hydroxylation sites is 1. The van der Waals surface area contributed by atoms with Crippen molar-refractivity contribution in [2.75, 3.05) is 0 Å². The van der Waals surface area contributed by atoms with Crippen molar-refractivity contribution >= 4 is 10.9 Å². The lowest BCUT2D eigenvalue weighted by Gasteiger charge is -2.17. The molecular weight excluding hydrogens is 220 g/mol. The van der Waals surface area contributed by atoms with Crippen LogP contribution in [0.3, 0.4) is 0 Å². The van der Waals surface area contributed by atoms with Gasteiger partial charge in [0.05, 0.1) is 5.52 Å². The van der Waals surface area contributed by atoms with Crippen molar-refractivity contribution in [3.63, 3.8) is 0 Å². The van der Waals surface area contributed by atoms with Gasteiger partial charge >= 0.3 is 0 Å². The molecule has 2 rings (SSSR count). The third-order valence-corrected chi connectivity index (χ3v) is 3.35. The molecule has 2 aromatic rings. The molecule has 1 heterocycles. The van der Waals surface area contributed by atoms with Crippen LogP contribution >= 0.6 is 0 Å². The molecule has 0 radical (unpaired) electrons. The Morgan fingerprint density at radius 1 is 1.17 bits per heavy atom. The van der Waals surface area contributed by atoms with Crippen molar-refractivity contribution in [2.45, 2.75) is 53.2 Å². The summed E-state index contributed by atoms with van der Waals surface area (Å²) < 4.78 is 2.46. The number of nitrogens with one attached hydrogen (secondary N) is 1. The van der Waals surface area contributed by atoms with Crippen LogP contribution in [0.5, 0.6) is 0 Å². The fourth-order valence-electron chi connectivity index (χ4n) is 2.55. The molecule has 98 valence electrons. The van der Waals surface area contributed by atoms with E-state index in [4.69, 9.17) is 0 Å². The van der Waals surface area contributed by atoms with Gasteiger partial charge in [0.15, 0.2) is 0 Å². The third kappa shape index (κ3) is 2.44. The van der Waals surface area contributed by atoms with Crippen molar-refractivity contribution in [2.24, 2.45) is 0 Å². The Morgan fingerprint density at radius 2 is 1.89 bits per heavy atom. The average molecular weight is 244 g/mol. The molecule has 0 fully saturated rings. The van der Waals surface area contributed by atoms with Crippen molar-refractivity contribution in [3.05, 3.63) is 35.5 Å². The average Bonchev–Trinajstić information content (AvgIpc) is 2.66. The number of hydrogen-bond donors (Lipinski definition) is 1. The molecule has 0 amide bonds. The van der Waals surface area contributed by atoms with Crippen molar-refractivity contribution < 1.29 is 0 Å². The van der Waals surface area contributed by atoms with Crippen molar-refractivity contribution in [1.29, 1.82) is 0 Å². The van der Waals surface area contributed by atoms with Crippen LogP contribution in [0.2, 0.25) is 0 Å². The van der Waals surface area contributed by atoms with Gasteiger partial charge in [0, 0.05) is 29.7 Å². The number of aryl methyl sites for hydroxylation is 1. The number of fused-ring (bicyclic) bond motifs is 1. The number of benzene rings is 1. The maximum absolute atomic E-state index is 3.52. The Labute approximate surface area is 110 Å². The van der Waals surface area contributed by atoms with Crippen LogP contribution in [0.1, 0.15) is 45.0 Å². The minimum absolute atomic E-state index is 0.493. The largest absolute Gasteiger partial charge is 0.341 e. The van der Waals surface area contributed by atoms with Gasteiger partial charge in [-0.05, 0) is 32.4 Å². The summed E-state index contributed by atoms with van der Waals surface area (Å²) in [5.74, 6) is 0. The molecule has 0 unspecified atom stereocenters. The Kier molecular flexibility index (Phi) is 3.76. The van der Waals surface area contributed by atoms with Gasteiger partial charge in [-0.25, -0.2) is 0 Å². The lowest BCUT2D eigenvalue weighted by atomic mass is 10.1. The summed E-state index contributed by atoms with van der Waals surface area (Å²) in [5.41, 5.74) is 4.12. The van der Waals surface area contributed by atoms with Gasteiger partial charge in [0.25, 0.3) is 0 Å². The number of hydrogen-bond acceptors (Lipinski definition) is 1. The SMILES string of the molecule is Cc1cccc2cc(CNC(C)C)n(C(C)C)c12. The standard InChI is InChI=1S/C16H24N2/c1-11(2)17-10-15-9-14-8-6-7-13(5)16(14)18(15)12(3)4/h6-9,11-12,17H,10H2,1-5H3. The van der Waals surface area contributed by atoms with Crippen LogP contribution in [-0.2, 0) is 6.54 Å². The van der Waals surface area contributed by atoms with Gasteiger partial charge in [-0.3, -0.25) is 0 Å². The van der Waals surface area contributed by atoms with E-state index in [1.54, 1.807) is 0 Å². The summed E-state index contributed by atoms with van der Waals surface area (Å²) in [6.07, 6.45) is 0. The van der Waals surface area contributed by atoms with Gasteiger partial charge in [0.2, 0.25) is 0 Å². The lowest BCUT2D eigenvalue weighted by Crippen LogP contribution is -2.23. The summed E-state index contributed by atoms with van der Waals surface area (Å²) in [6, 6.07) is 9.87. The Hall–Kier alpha value is -1.28. The van der Waals surface area contributed by atoms with Crippen molar-refractivity contribution in [1.82, 2.24) is 9.88 Å². The molecule has 0 aliphatic rings. The van der Waals surface area contributed by atoms with Gasteiger partial charge in [0.1, 0.15) is 0 Å². The number of rotatable bonds is 4. The third-order valence-electron chi connectivity index (χ3n) is 3.35. The van der Waals surface area contributed by atoms with E-state index in [-0.39, 0.29) is 0 Å². The minimum atomic E-state index is 0.493. The summed E-state index contributed by atoms with van der Waals surface area (Å²) >= 11 is 0. The van der Waals surface area contributed by atoms with E-state index >= 15 is 0 Å². The van der Waals surface area contributed by atoms with E-state index < -0.39 is 0 Å². The number of nitrogens with zero attached hydrogens (tertiary/aromatic N) is 1. The zero-order valence-corrected chi connectivity index (χ0v) is 12.1. The molecule has 0 aliphatic heterocycles. The summed E-state index contributed by atoms with van der Waals surface area (Å²) in [4.78, 5) is 0. The van der Waals surface area contributed by atoms with E-state index in [2.05, 4.69) is 68.8 Å². The zero-order valence-electron chi connectivity index (χ0n) is 12.1. The highest BCUT2D eigenvalue weighted by Crippen LogP contribution is 2.26. The van der Waals surface area contributed by atoms with Crippen LogP contribution in [0.15, 0.2) is 24.3 Å². The maximum atomic E-state index is 3.52. The molecule has 2 nitrogen and oxygen atoms in total. The van der Waals surface area contributed by atoms with Gasteiger partial charge in [-0.1, -0.05) is 32.0 Å². The van der Waals surface area contributed by atoms with Crippen molar-refractivity contribution in [3.8, 4) is 0 Å². The molecule has 1 aromatic heterocycles. The van der Waals surface area contributed by atoms with Crippen LogP contribution in [0, 0.1) is 6.92 Å². The molecule has 1 N–H and O–H groups in total. The molecule has 0 aliphatic carbocycles. The van der Waals surface area contributed by atoms with Crippen LogP contribution in [0.25, 0.3) is 10.9 Å². The molecule has 0 bridgehead atoms. The molecule has 0 saturated carbocycles. The Bertz CT molecular complexity index is 535. The first-order valence-electron chi connectivity index (χ1n) is 6.83. The van der Waals surface area contributed by atoms with E-state index in [1.165, 1.54) is 22.2 Å². The van der Waals surface area contributed by atoms with Crippen LogP contribution < -0.4 is 5.32 Å². The van der Waals surface area contributed by atoms with E-state index in [1.807, 2.05) is 0 Å². The molecule has 18 heavy (non-hydrogen) atoms. The normalized spacial score (nSPS) is 11.9. The molecule has 2 heteroatoms. The van der Waals surface area contributed by atoms with E-state index in [0.29, 0.717) is 12.1 Å². The first-order chi connectivity index (χ1) is 8.50.